The number of aromatic nitrogens is 1. The van der Waals surface area contributed by atoms with Gasteiger partial charge in [0.2, 0.25) is 0 Å². The number of anilines is 1. The Hall–Kier alpha value is -1.83. The average Bonchev–Trinajstić information content (AvgIpc) is 2.55. The third-order valence-electron chi connectivity index (χ3n) is 4.14. The fourth-order valence-corrected chi connectivity index (χ4v) is 3.26. The molecule has 1 aromatic heterocycles. The number of rotatable bonds is 3. The van der Waals surface area contributed by atoms with Crippen LogP contribution in [-0.2, 0) is 9.47 Å². The van der Waals surface area contributed by atoms with Crippen LogP contribution in [0.15, 0.2) is 16.7 Å². The van der Waals surface area contributed by atoms with Gasteiger partial charge >= 0.3 is 12.1 Å². The number of ether oxygens (including phenoxy) is 2. The highest BCUT2D eigenvalue weighted by molar-refractivity contribution is 9.10. The van der Waals surface area contributed by atoms with E-state index in [2.05, 4.69) is 33.2 Å². The summed E-state index contributed by atoms with van der Waals surface area (Å²) in [6.45, 7) is 8.92. The van der Waals surface area contributed by atoms with Crippen LogP contribution in [0.25, 0.3) is 0 Å². The molecule has 0 spiro atoms. The Labute approximate surface area is 162 Å². The van der Waals surface area contributed by atoms with Crippen LogP contribution in [0.2, 0.25) is 0 Å². The molecule has 26 heavy (non-hydrogen) atoms. The van der Waals surface area contributed by atoms with Gasteiger partial charge in [-0.1, -0.05) is 6.92 Å². The molecule has 1 N–H and O–H groups in total. The first kappa shape index (κ1) is 20.5. The van der Waals surface area contributed by atoms with E-state index in [1.807, 2.05) is 20.8 Å². The van der Waals surface area contributed by atoms with E-state index in [-0.39, 0.29) is 18.1 Å². The van der Waals surface area contributed by atoms with Crippen LogP contribution in [0.3, 0.4) is 0 Å². The van der Waals surface area contributed by atoms with Gasteiger partial charge in [0.1, 0.15) is 11.4 Å². The molecule has 1 aliphatic heterocycles. The largest absolute Gasteiger partial charge is 0.465 e. The highest BCUT2D eigenvalue weighted by atomic mass is 79.9. The molecule has 0 bridgehead atoms. The summed E-state index contributed by atoms with van der Waals surface area (Å²) in [6.07, 6.45) is 2.00. The first-order chi connectivity index (χ1) is 12.1. The normalized spacial score (nSPS) is 20.5. The molecule has 7 nitrogen and oxygen atoms in total. The zero-order valence-corrected chi connectivity index (χ0v) is 17.4. The standard InChI is InChI=1S/C18H26BrN3O4/c1-11-10-22(17(24)26-18(2,3)4)7-6-14(11)21-15-13(19)8-12(9-20-15)16(23)25-5/h8-9,11,14H,6-7,10H2,1-5H3,(H,20,21). The zero-order chi connectivity index (χ0) is 19.5. The van der Waals surface area contributed by atoms with E-state index in [0.717, 1.165) is 6.42 Å². The Kier molecular flexibility index (Phi) is 6.49. The number of likely N-dealkylation sites (tertiary alicyclic amines) is 1. The summed E-state index contributed by atoms with van der Waals surface area (Å²) in [6, 6.07) is 1.85. The number of piperidine rings is 1. The quantitative estimate of drug-likeness (QED) is 0.740. The van der Waals surface area contributed by atoms with E-state index in [4.69, 9.17) is 9.47 Å². The summed E-state index contributed by atoms with van der Waals surface area (Å²) in [7, 11) is 1.34. The number of hydrogen-bond acceptors (Lipinski definition) is 6. The van der Waals surface area contributed by atoms with Crippen LogP contribution in [-0.4, -0.2) is 53.8 Å². The first-order valence-electron chi connectivity index (χ1n) is 8.59. The number of esters is 1. The van der Waals surface area contributed by atoms with Gasteiger partial charge in [0.05, 0.1) is 17.1 Å². The minimum atomic E-state index is -0.494. The van der Waals surface area contributed by atoms with Gasteiger partial charge in [-0.25, -0.2) is 14.6 Å². The topological polar surface area (TPSA) is 80.8 Å². The van der Waals surface area contributed by atoms with E-state index in [9.17, 15) is 9.59 Å². The number of nitrogens with zero attached hydrogens (tertiary/aromatic N) is 2. The third-order valence-corrected chi connectivity index (χ3v) is 4.75. The predicted octanol–water partition coefficient (Wildman–Crippen LogP) is 3.69. The van der Waals surface area contributed by atoms with Gasteiger partial charge in [-0.2, -0.15) is 0 Å². The number of halogens is 1. The number of carbonyl (C=O) groups is 2. The van der Waals surface area contributed by atoms with E-state index >= 15 is 0 Å². The summed E-state index contributed by atoms with van der Waals surface area (Å²) in [5, 5.41) is 3.40. The predicted molar refractivity (Wildman–Crippen MR) is 102 cm³/mol. The molecule has 2 unspecified atom stereocenters. The van der Waals surface area contributed by atoms with Crippen LogP contribution < -0.4 is 5.32 Å². The van der Waals surface area contributed by atoms with Crippen LogP contribution >= 0.6 is 15.9 Å². The Morgan fingerprint density at radius 1 is 1.38 bits per heavy atom. The summed E-state index contributed by atoms with van der Waals surface area (Å²) < 4.78 is 10.8. The lowest BCUT2D eigenvalue weighted by Gasteiger charge is -2.38. The van der Waals surface area contributed by atoms with Gasteiger partial charge in [-0.3, -0.25) is 0 Å². The van der Waals surface area contributed by atoms with E-state index in [1.165, 1.54) is 13.3 Å². The van der Waals surface area contributed by atoms with Gasteiger partial charge in [0, 0.05) is 25.3 Å². The van der Waals surface area contributed by atoms with Crippen LogP contribution in [0.4, 0.5) is 10.6 Å². The number of amides is 1. The van der Waals surface area contributed by atoms with Crippen LogP contribution in [0.1, 0.15) is 44.5 Å². The average molecular weight is 428 g/mol. The van der Waals surface area contributed by atoms with E-state index in [0.29, 0.717) is 28.9 Å². The molecule has 1 amide bonds. The van der Waals surface area contributed by atoms with Gasteiger partial charge < -0.3 is 19.7 Å². The van der Waals surface area contributed by atoms with Crippen molar-refractivity contribution in [3.8, 4) is 0 Å². The second-order valence-corrected chi connectivity index (χ2v) is 8.34. The van der Waals surface area contributed by atoms with Crippen molar-refractivity contribution in [1.29, 1.82) is 0 Å². The lowest BCUT2D eigenvalue weighted by atomic mass is 9.94. The van der Waals surface area contributed by atoms with Crippen molar-refractivity contribution >= 4 is 33.8 Å². The van der Waals surface area contributed by atoms with Gasteiger partial charge in [-0.05, 0) is 55.1 Å². The molecule has 0 aromatic carbocycles. The third kappa shape index (κ3) is 5.33. The molecular formula is C18H26BrN3O4. The Morgan fingerprint density at radius 2 is 2.08 bits per heavy atom. The summed E-state index contributed by atoms with van der Waals surface area (Å²) in [4.78, 5) is 29.9. The molecule has 8 heteroatoms. The summed E-state index contributed by atoms with van der Waals surface area (Å²) in [5.74, 6) is 0.467. The molecule has 1 aromatic rings. The molecule has 2 rings (SSSR count). The van der Waals surface area contributed by atoms with Crippen molar-refractivity contribution in [2.24, 2.45) is 5.92 Å². The molecule has 2 atom stereocenters. The van der Waals surface area contributed by atoms with Gasteiger partial charge in [0.15, 0.2) is 0 Å². The highest BCUT2D eigenvalue weighted by Crippen LogP contribution is 2.27. The number of hydrogen-bond donors (Lipinski definition) is 1. The fourth-order valence-electron chi connectivity index (χ4n) is 2.80. The zero-order valence-electron chi connectivity index (χ0n) is 15.8. The molecule has 0 radical (unpaired) electrons. The van der Waals surface area contributed by atoms with Crippen LogP contribution in [0.5, 0.6) is 0 Å². The number of carbonyl (C=O) groups excluding carboxylic acids is 2. The van der Waals surface area contributed by atoms with Crippen molar-refractivity contribution in [2.45, 2.75) is 45.8 Å². The van der Waals surface area contributed by atoms with Gasteiger partial charge in [0.25, 0.3) is 0 Å². The van der Waals surface area contributed by atoms with Crippen LogP contribution in [0, 0.1) is 5.92 Å². The Bertz CT molecular complexity index is 675. The SMILES string of the molecule is COC(=O)c1cnc(NC2CCN(C(=O)OC(C)(C)C)CC2C)c(Br)c1. The molecule has 0 aliphatic carbocycles. The van der Waals surface area contributed by atoms with Gasteiger partial charge in [-0.15, -0.1) is 0 Å². The van der Waals surface area contributed by atoms with E-state index < -0.39 is 11.6 Å². The second-order valence-electron chi connectivity index (χ2n) is 7.49. The van der Waals surface area contributed by atoms with Crippen molar-refractivity contribution in [1.82, 2.24) is 9.88 Å². The molecular weight excluding hydrogens is 402 g/mol. The van der Waals surface area contributed by atoms with Crippen molar-refractivity contribution in [2.75, 3.05) is 25.5 Å². The maximum Gasteiger partial charge on any atom is 0.410 e. The summed E-state index contributed by atoms with van der Waals surface area (Å²) >= 11 is 3.44. The summed E-state index contributed by atoms with van der Waals surface area (Å²) in [5.41, 5.74) is -0.108. The Balaban J connectivity index is 1.98. The van der Waals surface area contributed by atoms with Crippen molar-refractivity contribution < 1.29 is 19.1 Å². The van der Waals surface area contributed by atoms with E-state index in [1.54, 1.807) is 11.0 Å². The smallest absolute Gasteiger partial charge is 0.410 e. The monoisotopic (exact) mass is 427 g/mol. The molecule has 0 saturated carbocycles. The number of methoxy groups -OCH3 is 1. The molecule has 1 fully saturated rings. The lowest BCUT2D eigenvalue weighted by molar-refractivity contribution is 0.0164. The molecule has 1 saturated heterocycles. The second kappa shape index (κ2) is 8.24. The van der Waals surface area contributed by atoms with Crippen molar-refractivity contribution in [3.05, 3.63) is 22.3 Å². The highest BCUT2D eigenvalue weighted by Gasteiger charge is 2.31. The Morgan fingerprint density at radius 3 is 2.62 bits per heavy atom. The van der Waals surface area contributed by atoms with Crippen molar-refractivity contribution in [3.63, 3.8) is 0 Å². The number of pyridine rings is 1. The maximum absolute atomic E-state index is 12.2. The minimum absolute atomic E-state index is 0.168. The lowest BCUT2D eigenvalue weighted by Crippen LogP contribution is -2.49. The minimum Gasteiger partial charge on any atom is -0.465 e. The molecule has 2 heterocycles. The molecule has 144 valence electrons. The molecule has 1 aliphatic rings. The maximum atomic E-state index is 12.2. The fraction of sp³-hybridized carbons (Fsp3) is 0.611. The number of nitrogens with one attached hydrogen (secondary N) is 1. The first-order valence-corrected chi connectivity index (χ1v) is 9.38.